The minimum Gasteiger partial charge on any atom is -0.293 e. The van der Waals surface area contributed by atoms with Crippen molar-refractivity contribution >= 4 is 49.0 Å². The van der Waals surface area contributed by atoms with Gasteiger partial charge in [-0.25, -0.2) is 0 Å². The predicted molar refractivity (Wildman–Crippen MR) is 74.2 cm³/mol. The summed E-state index contributed by atoms with van der Waals surface area (Å²) < 4.78 is 2.00. The summed E-state index contributed by atoms with van der Waals surface area (Å²) in [7, 11) is 0. The number of thiophene rings is 1. The molecule has 0 atom stereocenters. The zero-order valence-corrected chi connectivity index (χ0v) is 12.2. The Morgan fingerprint density at radius 3 is 2.38 bits per heavy atom. The Kier molecular flexibility index (Phi) is 3.95. The van der Waals surface area contributed by atoms with Crippen molar-refractivity contribution in [1.29, 1.82) is 0 Å². The summed E-state index contributed by atoms with van der Waals surface area (Å²) in [6.07, 6.45) is 0.459. The number of Topliss-reactive ketones (excluding diaryl/α,β-unsaturated/α-hetero) is 1. The maximum atomic E-state index is 11.9. The molecule has 0 aliphatic carbocycles. The highest BCUT2D eigenvalue weighted by molar-refractivity contribution is 9.10. The normalized spacial score (nSPS) is 10.4. The fourth-order valence-electron chi connectivity index (χ4n) is 1.33. The molecule has 1 aromatic carbocycles. The lowest BCUT2D eigenvalue weighted by Gasteiger charge is -1.99. The molecule has 16 heavy (non-hydrogen) atoms. The highest BCUT2D eigenvalue weighted by atomic mass is 79.9. The van der Waals surface area contributed by atoms with Gasteiger partial charge in [-0.2, -0.15) is 0 Å². The van der Waals surface area contributed by atoms with Gasteiger partial charge >= 0.3 is 0 Å². The number of ketones is 1. The molecule has 0 radical (unpaired) electrons. The van der Waals surface area contributed by atoms with Crippen molar-refractivity contribution in [2.75, 3.05) is 0 Å². The van der Waals surface area contributed by atoms with Crippen molar-refractivity contribution in [2.45, 2.75) is 6.42 Å². The molecule has 2 aromatic rings. The summed E-state index contributed by atoms with van der Waals surface area (Å²) in [5.74, 6) is 0.165. The number of rotatable bonds is 3. The van der Waals surface area contributed by atoms with E-state index >= 15 is 0 Å². The lowest BCUT2D eigenvalue weighted by atomic mass is 10.1. The van der Waals surface area contributed by atoms with Gasteiger partial charge in [-0.3, -0.25) is 4.79 Å². The third kappa shape index (κ3) is 3.03. The van der Waals surface area contributed by atoms with Gasteiger partial charge in [0.2, 0.25) is 0 Å². The first-order valence-electron chi connectivity index (χ1n) is 4.67. The van der Waals surface area contributed by atoms with Gasteiger partial charge in [0.05, 0.1) is 4.88 Å². The van der Waals surface area contributed by atoms with Crippen LogP contribution in [0.5, 0.6) is 0 Å². The Labute approximate surface area is 115 Å². The fourth-order valence-corrected chi connectivity index (χ4v) is 2.97. The molecule has 1 heterocycles. The summed E-state index contributed by atoms with van der Waals surface area (Å²) in [5.41, 5.74) is 1.04. The molecule has 0 N–H and O–H groups in total. The van der Waals surface area contributed by atoms with Gasteiger partial charge in [-0.05, 0) is 39.7 Å². The Balaban J connectivity index is 2.10. The minimum atomic E-state index is 0.165. The van der Waals surface area contributed by atoms with Gasteiger partial charge in [-0.15, -0.1) is 11.3 Å². The SMILES string of the molecule is O=C(Cc1ccc(Br)cc1)c1cc(Br)cs1. The standard InChI is InChI=1S/C12H8Br2OS/c13-9-3-1-8(2-4-9)5-11(15)12-6-10(14)7-16-12/h1-4,6-7H,5H2. The first-order valence-corrected chi connectivity index (χ1v) is 7.13. The van der Waals surface area contributed by atoms with Crippen molar-refractivity contribution < 1.29 is 4.79 Å². The maximum absolute atomic E-state index is 11.9. The number of hydrogen-bond acceptors (Lipinski definition) is 2. The Hall–Kier alpha value is -0.450. The number of carbonyl (C=O) groups is 1. The minimum absolute atomic E-state index is 0.165. The van der Waals surface area contributed by atoms with Crippen LogP contribution >= 0.6 is 43.2 Å². The second-order valence-electron chi connectivity index (χ2n) is 3.36. The van der Waals surface area contributed by atoms with Gasteiger partial charge in [-0.1, -0.05) is 28.1 Å². The lowest BCUT2D eigenvalue weighted by Crippen LogP contribution is -2.00. The van der Waals surface area contributed by atoms with Gasteiger partial charge in [0.1, 0.15) is 0 Å². The highest BCUT2D eigenvalue weighted by Gasteiger charge is 2.09. The van der Waals surface area contributed by atoms with E-state index in [1.54, 1.807) is 0 Å². The zero-order valence-electron chi connectivity index (χ0n) is 8.24. The molecule has 82 valence electrons. The van der Waals surface area contributed by atoms with E-state index < -0.39 is 0 Å². The molecule has 0 aliphatic heterocycles. The molecule has 0 saturated heterocycles. The largest absolute Gasteiger partial charge is 0.293 e. The number of benzene rings is 1. The Bertz CT molecular complexity index is 502. The summed E-state index contributed by atoms with van der Waals surface area (Å²) in [4.78, 5) is 12.7. The van der Waals surface area contributed by atoms with E-state index in [1.807, 2.05) is 35.7 Å². The monoisotopic (exact) mass is 358 g/mol. The molecule has 1 nitrogen and oxygen atoms in total. The summed E-state index contributed by atoms with van der Waals surface area (Å²) in [6.45, 7) is 0. The van der Waals surface area contributed by atoms with E-state index in [2.05, 4.69) is 31.9 Å². The van der Waals surface area contributed by atoms with Crippen LogP contribution in [0.3, 0.4) is 0 Å². The third-order valence-electron chi connectivity index (χ3n) is 2.12. The third-order valence-corrected chi connectivity index (χ3v) is 4.38. The van der Waals surface area contributed by atoms with Crippen LogP contribution in [0.1, 0.15) is 15.2 Å². The van der Waals surface area contributed by atoms with E-state index in [0.717, 1.165) is 19.4 Å². The molecule has 0 aliphatic rings. The molecule has 0 amide bonds. The molecule has 1 aromatic heterocycles. The first-order chi connectivity index (χ1) is 7.65. The fraction of sp³-hybridized carbons (Fsp3) is 0.0833. The van der Waals surface area contributed by atoms with Gasteiger partial charge in [0.15, 0.2) is 5.78 Å². The van der Waals surface area contributed by atoms with Crippen LogP contribution in [0.25, 0.3) is 0 Å². The molecule has 0 bridgehead atoms. The van der Waals surface area contributed by atoms with E-state index in [4.69, 9.17) is 0 Å². The second kappa shape index (κ2) is 5.25. The van der Waals surface area contributed by atoms with Crippen molar-refractivity contribution in [2.24, 2.45) is 0 Å². The first kappa shape index (κ1) is 12.0. The quantitative estimate of drug-likeness (QED) is 0.726. The molecular weight excluding hydrogens is 352 g/mol. The number of halogens is 2. The topological polar surface area (TPSA) is 17.1 Å². The van der Waals surface area contributed by atoms with Crippen LogP contribution in [0.4, 0.5) is 0 Å². The van der Waals surface area contributed by atoms with Crippen LogP contribution in [0.15, 0.2) is 44.7 Å². The number of hydrogen-bond donors (Lipinski definition) is 0. The lowest BCUT2D eigenvalue weighted by molar-refractivity contribution is 0.0997. The Morgan fingerprint density at radius 2 is 1.81 bits per heavy atom. The van der Waals surface area contributed by atoms with Gasteiger partial charge in [0.25, 0.3) is 0 Å². The van der Waals surface area contributed by atoms with Crippen molar-refractivity contribution in [3.05, 3.63) is 55.1 Å². The van der Waals surface area contributed by atoms with E-state index in [9.17, 15) is 4.79 Å². The molecule has 2 rings (SSSR count). The van der Waals surface area contributed by atoms with Gasteiger partial charge < -0.3 is 0 Å². The van der Waals surface area contributed by atoms with Crippen LogP contribution in [0.2, 0.25) is 0 Å². The van der Waals surface area contributed by atoms with E-state index in [-0.39, 0.29) is 5.78 Å². The van der Waals surface area contributed by atoms with Crippen LogP contribution in [-0.2, 0) is 6.42 Å². The molecule has 0 fully saturated rings. The molecular formula is C12H8Br2OS. The maximum Gasteiger partial charge on any atom is 0.177 e. The van der Waals surface area contributed by atoms with Crippen molar-refractivity contribution in [3.63, 3.8) is 0 Å². The molecule has 0 saturated carbocycles. The van der Waals surface area contributed by atoms with Crippen LogP contribution < -0.4 is 0 Å². The van der Waals surface area contributed by atoms with Gasteiger partial charge in [0, 0.05) is 20.7 Å². The smallest absolute Gasteiger partial charge is 0.177 e. The predicted octanol–water partition coefficient (Wildman–Crippen LogP) is 4.70. The van der Waals surface area contributed by atoms with Crippen molar-refractivity contribution in [3.8, 4) is 0 Å². The molecule has 0 spiro atoms. The summed E-state index contributed by atoms with van der Waals surface area (Å²) in [6, 6.07) is 9.70. The molecule has 0 unspecified atom stereocenters. The second-order valence-corrected chi connectivity index (χ2v) is 6.10. The van der Waals surface area contributed by atoms with E-state index in [1.165, 1.54) is 11.3 Å². The molecule has 4 heteroatoms. The zero-order chi connectivity index (χ0) is 11.5. The highest BCUT2D eigenvalue weighted by Crippen LogP contribution is 2.21. The Morgan fingerprint density at radius 1 is 1.12 bits per heavy atom. The average molecular weight is 360 g/mol. The number of carbonyl (C=O) groups excluding carboxylic acids is 1. The van der Waals surface area contributed by atoms with Crippen molar-refractivity contribution in [1.82, 2.24) is 0 Å². The van der Waals surface area contributed by atoms with Crippen LogP contribution in [-0.4, -0.2) is 5.78 Å². The average Bonchev–Trinajstić information content (AvgIpc) is 2.68. The van der Waals surface area contributed by atoms with E-state index in [0.29, 0.717) is 6.42 Å². The summed E-state index contributed by atoms with van der Waals surface area (Å²) in [5, 5.41) is 1.93. The van der Waals surface area contributed by atoms with Crippen LogP contribution in [0, 0.1) is 0 Å². The summed E-state index contributed by atoms with van der Waals surface area (Å²) >= 11 is 8.19.